The van der Waals surface area contributed by atoms with Crippen LogP contribution in [0.25, 0.3) is 22.2 Å². The van der Waals surface area contributed by atoms with Crippen molar-refractivity contribution in [2.24, 2.45) is 0 Å². The lowest BCUT2D eigenvalue weighted by Crippen LogP contribution is -2.39. The average Bonchev–Trinajstić information content (AvgIpc) is 3.23. The van der Waals surface area contributed by atoms with Gasteiger partial charge in [-0.05, 0) is 56.2 Å². The van der Waals surface area contributed by atoms with Crippen LogP contribution in [0.1, 0.15) is 35.2 Å². The molecule has 5 rings (SSSR count). The van der Waals surface area contributed by atoms with Crippen LogP contribution in [-0.4, -0.2) is 47.9 Å². The molecule has 1 aromatic carbocycles. The molecule has 0 unspecified atom stereocenters. The van der Waals surface area contributed by atoms with Gasteiger partial charge in [0.05, 0.1) is 7.11 Å². The molecule has 2 aromatic heterocycles. The third-order valence-corrected chi connectivity index (χ3v) is 6.37. The van der Waals surface area contributed by atoms with Gasteiger partial charge in [-0.1, -0.05) is 12.1 Å². The highest BCUT2D eigenvalue weighted by Crippen LogP contribution is 2.47. The molecule has 1 fully saturated rings. The summed E-state index contributed by atoms with van der Waals surface area (Å²) in [6, 6.07) is 10.3. The second-order valence-electron chi connectivity index (χ2n) is 7.90. The number of carbonyl (C=O) groups is 1. The van der Waals surface area contributed by atoms with Gasteiger partial charge in [-0.15, -0.1) is 0 Å². The molecule has 2 aliphatic rings. The summed E-state index contributed by atoms with van der Waals surface area (Å²) < 4.78 is 5.22. The number of piperidine rings is 1. The van der Waals surface area contributed by atoms with E-state index in [9.17, 15) is 4.79 Å². The van der Waals surface area contributed by atoms with Gasteiger partial charge in [0.2, 0.25) is 5.88 Å². The Balaban J connectivity index is 1.61. The standard InChI is InChI=1S/C22H23N3O2/c1-25-9-7-22(8-10-25)12-19(26)16-4-3-14(11-18(16)22)17-13-23-21-15(17)5-6-20(24-21)27-2/h3-6,11,13H,7-10,12H2,1-2H3,(H,23,24). The van der Waals surface area contributed by atoms with Crippen LogP contribution >= 0.6 is 0 Å². The van der Waals surface area contributed by atoms with Crippen molar-refractivity contribution in [2.75, 3.05) is 27.2 Å². The van der Waals surface area contributed by atoms with Gasteiger partial charge < -0.3 is 14.6 Å². The molecule has 3 aromatic rings. The molecule has 1 N–H and O–H groups in total. The van der Waals surface area contributed by atoms with E-state index in [1.54, 1.807) is 7.11 Å². The van der Waals surface area contributed by atoms with Crippen molar-refractivity contribution in [1.82, 2.24) is 14.9 Å². The third-order valence-electron chi connectivity index (χ3n) is 6.37. The topological polar surface area (TPSA) is 58.2 Å². The number of fused-ring (bicyclic) bond motifs is 3. The van der Waals surface area contributed by atoms with E-state index < -0.39 is 0 Å². The minimum atomic E-state index is 0.0164. The van der Waals surface area contributed by atoms with E-state index in [1.807, 2.05) is 24.4 Å². The summed E-state index contributed by atoms with van der Waals surface area (Å²) in [7, 11) is 3.78. The molecule has 0 bridgehead atoms. The summed E-state index contributed by atoms with van der Waals surface area (Å²) in [5, 5.41) is 1.07. The Hall–Kier alpha value is -2.66. The summed E-state index contributed by atoms with van der Waals surface area (Å²) in [6.07, 6.45) is 4.76. The number of nitrogens with zero attached hydrogens (tertiary/aromatic N) is 2. The Morgan fingerprint density at radius 3 is 2.74 bits per heavy atom. The largest absolute Gasteiger partial charge is 0.481 e. The van der Waals surface area contributed by atoms with Crippen molar-refractivity contribution in [2.45, 2.75) is 24.7 Å². The minimum Gasteiger partial charge on any atom is -0.481 e. The number of ketones is 1. The van der Waals surface area contributed by atoms with E-state index in [0.29, 0.717) is 18.1 Å². The summed E-state index contributed by atoms with van der Waals surface area (Å²) >= 11 is 0. The molecule has 1 spiro atoms. The summed E-state index contributed by atoms with van der Waals surface area (Å²) in [5.74, 6) is 0.896. The monoisotopic (exact) mass is 361 g/mol. The highest BCUT2D eigenvalue weighted by atomic mass is 16.5. The number of hydrogen-bond donors (Lipinski definition) is 1. The zero-order valence-corrected chi connectivity index (χ0v) is 15.7. The van der Waals surface area contributed by atoms with Crippen molar-refractivity contribution < 1.29 is 9.53 Å². The number of nitrogens with one attached hydrogen (secondary N) is 1. The Labute approximate surface area is 158 Å². The van der Waals surface area contributed by atoms with Crippen LogP contribution in [-0.2, 0) is 5.41 Å². The number of H-pyrrole nitrogens is 1. The Kier molecular flexibility index (Phi) is 3.62. The maximum atomic E-state index is 12.7. The van der Waals surface area contributed by atoms with Crippen LogP contribution < -0.4 is 4.74 Å². The molecule has 5 nitrogen and oxygen atoms in total. The number of aromatic nitrogens is 2. The lowest BCUT2D eigenvalue weighted by molar-refractivity contribution is 0.0945. The number of rotatable bonds is 2. The first kappa shape index (κ1) is 16.5. The van der Waals surface area contributed by atoms with Gasteiger partial charge in [-0.2, -0.15) is 4.98 Å². The number of benzene rings is 1. The van der Waals surface area contributed by atoms with Crippen molar-refractivity contribution in [3.05, 3.63) is 47.7 Å². The number of hydrogen-bond acceptors (Lipinski definition) is 4. The molecular weight excluding hydrogens is 338 g/mol. The first-order chi connectivity index (χ1) is 13.1. The number of methoxy groups -OCH3 is 1. The van der Waals surface area contributed by atoms with Crippen molar-refractivity contribution in [3.63, 3.8) is 0 Å². The quantitative estimate of drug-likeness (QED) is 0.754. The Morgan fingerprint density at radius 2 is 1.96 bits per heavy atom. The van der Waals surface area contributed by atoms with E-state index in [1.165, 1.54) is 5.56 Å². The SMILES string of the molecule is COc1ccc2c(-c3ccc4c(c3)C3(CCN(C)CC3)CC4=O)c[nH]c2n1. The molecule has 27 heavy (non-hydrogen) atoms. The minimum absolute atomic E-state index is 0.0164. The van der Waals surface area contributed by atoms with Gasteiger partial charge in [0.25, 0.3) is 0 Å². The number of pyridine rings is 1. The first-order valence-corrected chi connectivity index (χ1v) is 9.48. The fourth-order valence-corrected chi connectivity index (χ4v) is 4.72. The second-order valence-corrected chi connectivity index (χ2v) is 7.90. The van der Waals surface area contributed by atoms with Gasteiger partial charge in [0.15, 0.2) is 5.78 Å². The second kappa shape index (κ2) is 5.92. The van der Waals surface area contributed by atoms with E-state index in [2.05, 4.69) is 34.0 Å². The smallest absolute Gasteiger partial charge is 0.214 e. The molecule has 0 radical (unpaired) electrons. The van der Waals surface area contributed by atoms with E-state index in [0.717, 1.165) is 53.7 Å². The number of ether oxygens (including phenoxy) is 1. The fraction of sp³-hybridized carbons (Fsp3) is 0.364. The molecule has 1 saturated heterocycles. The Morgan fingerprint density at radius 1 is 1.15 bits per heavy atom. The number of Topliss-reactive ketones (excluding diaryl/α,β-unsaturated/α-hetero) is 1. The highest BCUT2D eigenvalue weighted by molar-refractivity contribution is 6.03. The summed E-state index contributed by atoms with van der Waals surface area (Å²) in [5.41, 5.74) is 5.25. The number of carbonyl (C=O) groups excluding carboxylic acids is 1. The Bertz CT molecular complexity index is 1040. The molecule has 3 heterocycles. The van der Waals surface area contributed by atoms with E-state index in [4.69, 9.17) is 4.74 Å². The van der Waals surface area contributed by atoms with Crippen molar-refractivity contribution in [3.8, 4) is 17.0 Å². The highest BCUT2D eigenvalue weighted by Gasteiger charge is 2.44. The van der Waals surface area contributed by atoms with Crippen LogP contribution in [0.5, 0.6) is 5.88 Å². The van der Waals surface area contributed by atoms with Crippen molar-refractivity contribution >= 4 is 16.8 Å². The molecule has 0 saturated carbocycles. The van der Waals surface area contributed by atoms with Crippen LogP contribution in [0.15, 0.2) is 36.5 Å². The molecule has 5 heteroatoms. The molecular formula is C22H23N3O2. The number of aromatic amines is 1. The predicted octanol–water partition coefficient (Wildman–Crippen LogP) is 3.79. The van der Waals surface area contributed by atoms with Gasteiger partial charge in [-0.25, -0.2) is 0 Å². The zero-order valence-electron chi connectivity index (χ0n) is 15.7. The van der Waals surface area contributed by atoms with Crippen LogP contribution in [0.4, 0.5) is 0 Å². The number of likely N-dealkylation sites (tertiary alicyclic amines) is 1. The average molecular weight is 361 g/mol. The lowest BCUT2D eigenvalue weighted by Gasteiger charge is -2.38. The van der Waals surface area contributed by atoms with Gasteiger partial charge in [-0.3, -0.25) is 4.79 Å². The molecule has 138 valence electrons. The zero-order chi connectivity index (χ0) is 18.6. The summed E-state index contributed by atoms with van der Waals surface area (Å²) in [4.78, 5) is 22.7. The maximum absolute atomic E-state index is 12.7. The maximum Gasteiger partial charge on any atom is 0.214 e. The van der Waals surface area contributed by atoms with Crippen LogP contribution in [0, 0.1) is 0 Å². The van der Waals surface area contributed by atoms with Gasteiger partial charge >= 0.3 is 0 Å². The van der Waals surface area contributed by atoms with E-state index >= 15 is 0 Å². The van der Waals surface area contributed by atoms with Gasteiger partial charge in [0, 0.05) is 40.6 Å². The molecule has 0 atom stereocenters. The van der Waals surface area contributed by atoms with Crippen molar-refractivity contribution in [1.29, 1.82) is 0 Å². The van der Waals surface area contributed by atoms with Crippen LogP contribution in [0.3, 0.4) is 0 Å². The lowest BCUT2D eigenvalue weighted by atomic mass is 9.73. The fourth-order valence-electron chi connectivity index (χ4n) is 4.72. The molecule has 1 aliphatic heterocycles. The van der Waals surface area contributed by atoms with Gasteiger partial charge in [0.1, 0.15) is 5.65 Å². The third kappa shape index (κ3) is 2.49. The van der Waals surface area contributed by atoms with E-state index in [-0.39, 0.29) is 5.41 Å². The van der Waals surface area contributed by atoms with Crippen LogP contribution in [0.2, 0.25) is 0 Å². The predicted molar refractivity (Wildman–Crippen MR) is 105 cm³/mol. The first-order valence-electron chi connectivity index (χ1n) is 9.48. The molecule has 1 aliphatic carbocycles. The normalized spacial score (nSPS) is 19.0. The molecule has 0 amide bonds. The summed E-state index contributed by atoms with van der Waals surface area (Å²) in [6.45, 7) is 2.10.